The summed E-state index contributed by atoms with van der Waals surface area (Å²) < 4.78 is 14.8. The van der Waals surface area contributed by atoms with Gasteiger partial charge in [0.1, 0.15) is 11.9 Å². The van der Waals surface area contributed by atoms with Crippen LogP contribution >= 0.6 is 24.8 Å². The predicted molar refractivity (Wildman–Crippen MR) is 112 cm³/mol. The lowest BCUT2D eigenvalue weighted by molar-refractivity contribution is -0.121. The molecule has 27 heavy (non-hydrogen) atoms. The van der Waals surface area contributed by atoms with Crippen molar-refractivity contribution in [3.8, 4) is 0 Å². The van der Waals surface area contributed by atoms with Gasteiger partial charge < -0.3 is 10.6 Å². The molecule has 0 fully saturated rings. The topological polar surface area (TPSA) is 44.4 Å². The van der Waals surface area contributed by atoms with Gasteiger partial charge in [-0.25, -0.2) is 4.39 Å². The molecule has 1 aliphatic heterocycles. The average molecular weight is 414 g/mol. The Labute approximate surface area is 172 Å². The van der Waals surface area contributed by atoms with Gasteiger partial charge in [-0.05, 0) is 49.3 Å². The van der Waals surface area contributed by atoms with Crippen molar-refractivity contribution in [3.05, 3.63) is 65.0 Å². The molecule has 148 valence electrons. The molecule has 1 amide bonds. The van der Waals surface area contributed by atoms with Crippen LogP contribution in [0.25, 0.3) is 0 Å². The Bertz CT molecular complexity index is 758. The number of amides is 1. The molecule has 2 aromatic rings. The highest BCUT2D eigenvalue weighted by molar-refractivity contribution is 5.95. The first-order valence-corrected chi connectivity index (χ1v) is 8.68. The number of nitrogens with zero attached hydrogens (tertiary/aromatic N) is 1. The van der Waals surface area contributed by atoms with Gasteiger partial charge in [0, 0.05) is 6.54 Å². The van der Waals surface area contributed by atoms with Crippen LogP contribution in [-0.4, -0.2) is 30.9 Å². The van der Waals surface area contributed by atoms with Crippen molar-refractivity contribution >= 4 is 36.4 Å². The number of nitrogens with one attached hydrogen (secondary N) is 2. The van der Waals surface area contributed by atoms with Gasteiger partial charge in [-0.2, -0.15) is 0 Å². The monoisotopic (exact) mass is 413 g/mol. The van der Waals surface area contributed by atoms with Gasteiger partial charge >= 0.3 is 0 Å². The largest absolute Gasteiger partial charge is 0.322 e. The van der Waals surface area contributed by atoms with Crippen molar-refractivity contribution in [1.29, 1.82) is 0 Å². The number of benzene rings is 2. The molecule has 2 N–H and O–H groups in total. The summed E-state index contributed by atoms with van der Waals surface area (Å²) in [7, 11) is 1.89. The van der Waals surface area contributed by atoms with Gasteiger partial charge in [0.15, 0.2) is 0 Å². The summed E-state index contributed by atoms with van der Waals surface area (Å²) in [6.45, 7) is 4.14. The van der Waals surface area contributed by atoms with Crippen molar-refractivity contribution in [2.24, 2.45) is 0 Å². The number of fused-ring (bicyclic) bond motifs is 1. The number of hydrogen-bond acceptors (Lipinski definition) is 3. The summed E-state index contributed by atoms with van der Waals surface area (Å²) in [6, 6.07) is 12.7. The molecule has 1 aliphatic rings. The van der Waals surface area contributed by atoms with Crippen LogP contribution in [0.2, 0.25) is 0 Å². The summed E-state index contributed by atoms with van der Waals surface area (Å²) in [6.07, 6.45) is 0.641. The third-order valence-corrected chi connectivity index (χ3v) is 4.77. The Morgan fingerprint density at radius 3 is 2.59 bits per heavy atom. The molecular weight excluding hydrogens is 388 g/mol. The second-order valence-corrected chi connectivity index (χ2v) is 6.37. The van der Waals surface area contributed by atoms with E-state index in [1.54, 1.807) is 6.07 Å². The van der Waals surface area contributed by atoms with Crippen LogP contribution in [-0.2, 0) is 17.8 Å². The van der Waals surface area contributed by atoms with Gasteiger partial charge in [-0.15, -0.1) is 24.8 Å². The van der Waals surface area contributed by atoms with Crippen LogP contribution < -0.4 is 10.6 Å². The maximum Gasteiger partial charge on any atom is 0.246 e. The minimum absolute atomic E-state index is 0. The van der Waals surface area contributed by atoms with Gasteiger partial charge in [-0.1, -0.05) is 43.3 Å². The quantitative estimate of drug-likeness (QED) is 0.779. The van der Waals surface area contributed by atoms with E-state index in [1.807, 2.05) is 55.3 Å². The minimum Gasteiger partial charge on any atom is -0.322 e. The molecule has 0 aliphatic carbocycles. The van der Waals surface area contributed by atoms with Gasteiger partial charge in [0.2, 0.25) is 5.91 Å². The molecule has 4 nitrogen and oxygen atoms in total. The fourth-order valence-electron chi connectivity index (χ4n) is 3.26. The Morgan fingerprint density at radius 2 is 1.93 bits per heavy atom. The van der Waals surface area contributed by atoms with E-state index in [0.717, 1.165) is 17.7 Å². The van der Waals surface area contributed by atoms with E-state index in [-0.39, 0.29) is 42.2 Å². The highest BCUT2D eigenvalue weighted by Gasteiger charge is 2.26. The standard InChI is InChI=1S/C20H24FN3O.2ClH/c1-3-24(2)19(14-7-5-4-6-8-14)20(25)23-17-10-9-15-13-22-12-11-16(15)18(17)21;;/h4-10,19,22H,3,11-13H2,1-2H3,(H,23,25);2*1H. The highest BCUT2D eigenvalue weighted by Crippen LogP contribution is 2.27. The van der Waals surface area contributed by atoms with Crippen molar-refractivity contribution in [2.45, 2.75) is 25.9 Å². The van der Waals surface area contributed by atoms with E-state index in [1.165, 1.54) is 0 Å². The molecule has 0 saturated carbocycles. The molecule has 0 saturated heterocycles. The number of likely N-dealkylation sites (N-methyl/N-ethyl adjacent to an activating group) is 1. The molecule has 0 spiro atoms. The Balaban J connectivity index is 0.00000182. The van der Waals surface area contributed by atoms with E-state index in [0.29, 0.717) is 25.1 Å². The summed E-state index contributed by atoms with van der Waals surface area (Å²) in [4.78, 5) is 14.9. The zero-order chi connectivity index (χ0) is 17.8. The normalized spacial score (nSPS) is 13.8. The van der Waals surface area contributed by atoms with Crippen molar-refractivity contribution in [1.82, 2.24) is 10.2 Å². The molecule has 7 heteroatoms. The number of halogens is 3. The minimum atomic E-state index is -0.455. The summed E-state index contributed by atoms with van der Waals surface area (Å²) in [5.74, 6) is -0.526. The van der Waals surface area contributed by atoms with E-state index in [4.69, 9.17) is 0 Å². The molecule has 1 heterocycles. The van der Waals surface area contributed by atoms with Crippen LogP contribution in [0.3, 0.4) is 0 Å². The summed E-state index contributed by atoms with van der Waals surface area (Å²) in [5, 5.41) is 6.03. The van der Waals surface area contributed by atoms with Crippen LogP contribution in [0, 0.1) is 5.82 Å². The number of carbonyl (C=O) groups is 1. The molecule has 0 aromatic heterocycles. The van der Waals surface area contributed by atoms with Crippen molar-refractivity contribution in [3.63, 3.8) is 0 Å². The summed E-state index contributed by atoms with van der Waals surface area (Å²) in [5.41, 5.74) is 2.83. The van der Waals surface area contributed by atoms with E-state index in [9.17, 15) is 9.18 Å². The Hall–Kier alpha value is -1.66. The SMILES string of the molecule is CCN(C)C(C(=O)Nc1ccc2c(c1F)CCNC2)c1ccccc1.Cl.Cl. The third-order valence-electron chi connectivity index (χ3n) is 4.77. The number of hydrogen-bond donors (Lipinski definition) is 2. The van der Waals surface area contributed by atoms with Crippen LogP contribution in [0.1, 0.15) is 29.7 Å². The second-order valence-electron chi connectivity index (χ2n) is 6.37. The average Bonchev–Trinajstić information content (AvgIpc) is 2.65. The third kappa shape index (κ3) is 5.20. The molecule has 3 rings (SSSR count). The zero-order valence-corrected chi connectivity index (χ0v) is 17.1. The van der Waals surface area contributed by atoms with Gasteiger partial charge in [-0.3, -0.25) is 9.69 Å². The van der Waals surface area contributed by atoms with E-state index < -0.39 is 6.04 Å². The zero-order valence-electron chi connectivity index (χ0n) is 15.5. The lowest BCUT2D eigenvalue weighted by Crippen LogP contribution is -2.35. The molecule has 0 radical (unpaired) electrons. The molecule has 1 atom stereocenters. The van der Waals surface area contributed by atoms with E-state index in [2.05, 4.69) is 10.6 Å². The second kappa shape index (κ2) is 10.6. The molecule has 2 aromatic carbocycles. The fourth-order valence-corrected chi connectivity index (χ4v) is 3.26. The van der Waals surface area contributed by atoms with Gasteiger partial charge in [0.05, 0.1) is 5.69 Å². The predicted octanol–water partition coefficient (Wildman–Crippen LogP) is 3.95. The van der Waals surface area contributed by atoms with Crippen LogP contribution in [0.5, 0.6) is 0 Å². The lowest BCUT2D eigenvalue weighted by Gasteiger charge is -2.27. The Morgan fingerprint density at radius 1 is 1.22 bits per heavy atom. The lowest BCUT2D eigenvalue weighted by atomic mass is 9.99. The Kier molecular flexibility index (Phi) is 9.19. The first-order chi connectivity index (χ1) is 12.1. The van der Waals surface area contributed by atoms with Crippen molar-refractivity contribution in [2.75, 3.05) is 25.5 Å². The molecular formula is C20H26Cl2FN3O. The maximum absolute atomic E-state index is 14.8. The molecule has 0 bridgehead atoms. The summed E-state index contributed by atoms with van der Waals surface area (Å²) >= 11 is 0. The van der Waals surface area contributed by atoms with Crippen molar-refractivity contribution < 1.29 is 9.18 Å². The fraction of sp³-hybridized carbons (Fsp3) is 0.350. The smallest absolute Gasteiger partial charge is 0.246 e. The first kappa shape index (κ1) is 23.4. The number of anilines is 1. The highest BCUT2D eigenvalue weighted by atomic mass is 35.5. The first-order valence-electron chi connectivity index (χ1n) is 8.68. The van der Waals surface area contributed by atoms with Crippen LogP contribution in [0.4, 0.5) is 10.1 Å². The van der Waals surface area contributed by atoms with E-state index >= 15 is 0 Å². The number of rotatable bonds is 5. The van der Waals surface area contributed by atoms with Crippen LogP contribution in [0.15, 0.2) is 42.5 Å². The van der Waals surface area contributed by atoms with Gasteiger partial charge in [0.25, 0.3) is 0 Å². The maximum atomic E-state index is 14.8. The number of carbonyl (C=O) groups excluding carboxylic acids is 1. The molecule has 1 unspecified atom stereocenters.